The number of hydrogen-bond acceptors (Lipinski definition) is 4. The third kappa shape index (κ3) is 3.40. The number of nitrogen functional groups attached to an aromatic ring is 1. The maximum atomic E-state index is 11.4. The third-order valence-corrected chi connectivity index (χ3v) is 3.61. The van der Waals surface area contributed by atoms with E-state index in [2.05, 4.69) is 11.7 Å². The Morgan fingerprint density at radius 1 is 1.37 bits per heavy atom. The molecule has 2 N–H and O–H groups in total. The fraction of sp³-hybridized carbons (Fsp3) is 0.533. The molecule has 0 heterocycles. The van der Waals surface area contributed by atoms with Crippen LogP contribution in [0.3, 0.4) is 0 Å². The van der Waals surface area contributed by atoms with Crippen molar-refractivity contribution >= 4 is 11.7 Å². The summed E-state index contributed by atoms with van der Waals surface area (Å²) in [5.41, 5.74) is 6.87. The molecule has 1 aliphatic rings. The number of anilines is 1. The van der Waals surface area contributed by atoms with Crippen molar-refractivity contribution in [3.63, 3.8) is 0 Å². The van der Waals surface area contributed by atoms with Crippen LogP contribution in [0.15, 0.2) is 18.2 Å². The molecule has 1 aromatic carbocycles. The van der Waals surface area contributed by atoms with E-state index in [-0.39, 0.29) is 12.1 Å². The summed E-state index contributed by atoms with van der Waals surface area (Å²) in [6.45, 7) is 2.25. The predicted molar refractivity (Wildman–Crippen MR) is 74.2 cm³/mol. The van der Waals surface area contributed by atoms with E-state index in [1.807, 2.05) is 0 Å². The number of methoxy groups -OCH3 is 1. The first kappa shape index (κ1) is 13.7. The largest absolute Gasteiger partial charge is 0.488 e. The van der Waals surface area contributed by atoms with Crippen LogP contribution >= 0.6 is 0 Å². The summed E-state index contributed by atoms with van der Waals surface area (Å²) >= 11 is 0. The first-order valence-corrected chi connectivity index (χ1v) is 6.74. The fourth-order valence-electron chi connectivity index (χ4n) is 2.57. The molecule has 4 nitrogen and oxygen atoms in total. The number of rotatable bonds is 3. The van der Waals surface area contributed by atoms with Crippen molar-refractivity contribution < 1.29 is 14.3 Å². The van der Waals surface area contributed by atoms with Crippen LogP contribution in [0.1, 0.15) is 43.0 Å². The summed E-state index contributed by atoms with van der Waals surface area (Å²) in [6.07, 6.45) is 4.85. The third-order valence-electron chi connectivity index (χ3n) is 3.61. The van der Waals surface area contributed by atoms with Gasteiger partial charge in [-0.05, 0) is 43.4 Å². The average Bonchev–Trinajstić information content (AvgIpc) is 2.40. The van der Waals surface area contributed by atoms with Crippen molar-refractivity contribution in [3.05, 3.63) is 23.8 Å². The van der Waals surface area contributed by atoms with Crippen molar-refractivity contribution in [2.24, 2.45) is 5.92 Å². The highest BCUT2D eigenvalue weighted by Gasteiger charge is 2.21. The molecule has 19 heavy (non-hydrogen) atoms. The molecule has 0 amide bonds. The van der Waals surface area contributed by atoms with Gasteiger partial charge in [-0.3, -0.25) is 0 Å². The lowest BCUT2D eigenvalue weighted by Gasteiger charge is -2.27. The smallest absolute Gasteiger partial charge is 0.337 e. The highest BCUT2D eigenvalue weighted by Crippen LogP contribution is 2.30. The lowest BCUT2D eigenvalue weighted by atomic mass is 9.89. The standard InChI is InChI=1S/C15H21NO3/c1-10-4-3-5-12(8-10)19-14-7-6-11(9-13(14)16)15(17)18-2/h6-7,9-10,12H,3-5,8,16H2,1-2H3. The quantitative estimate of drug-likeness (QED) is 0.672. The fourth-order valence-corrected chi connectivity index (χ4v) is 2.57. The van der Waals surface area contributed by atoms with Gasteiger partial charge in [-0.1, -0.05) is 13.3 Å². The Bertz CT molecular complexity index is 459. The molecule has 4 heteroatoms. The number of carbonyl (C=O) groups is 1. The summed E-state index contributed by atoms with van der Waals surface area (Å²) in [7, 11) is 1.35. The average molecular weight is 263 g/mol. The van der Waals surface area contributed by atoms with E-state index >= 15 is 0 Å². The van der Waals surface area contributed by atoms with Crippen LogP contribution in [0.25, 0.3) is 0 Å². The van der Waals surface area contributed by atoms with E-state index in [0.717, 1.165) is 12.8 Å². The Morgan fingerprint density at radius 3 is 2.79 bits per heavy atom. The Labute approximate surface area is 113 Å². The first-order chi connectivity index (χ1) is 9.10. The van der Waals surface area contributed by atoms with E-state index in [4.69, 9.17) is 10.5 Å². The van der Waals surface area contributed by atoms with Gasteiger partial charge in [0.05, 0.1) is 24.5 Å². The van der Waals surface area contributed by atoms with Crippen LogP contribution in [0.2, 0.25) is 0 Å². The molecule has 1 aromatic rings. The van der Waals surface area contributed by atoms with Crippen molar-refractivity contribution in [1.82, 2.24) is 0 Å². The number of nitrogens with two attached hydrogens (primary N) is 1. The van der Waals surface area contributed by atoms with Crippen LogP contribution in [0, 0.1) is 5.92 Å². The maximum absolute atomic E-state index is 11.4. The molecule has 0 spiro atoms. The second kappa shape index (κ2) is 5.95. The van der Waals surface area contributed by atoms with Gasteiger partial charge in [0.25, 0.3) is 0 Å². The van der Waals surface area contributed by atoms with Gasteiger partial charge in [-0.25, -0.2) is 4.79 Å². The van der Waals surface area contributed by atoms with E-state index in [0.29, 0.717) is 22.9 Å². The van der Waals surface area contributed by atoms with Crippen LogP contribution < -0.4 is 10.5 Å². The molecule has 2 rings (SSSR count). The Hall–Kier alpha value is -1.71. The second-order valence-electron chi connectivity index (χ2n) is 5.26. The molecule has 0 radical (unpaired) electrons. The van der Waals surface area contributed by atoms with Gasteiger partial charge in [0.15, 0.2) is 0 Å². The van der Waals surface area contributed by atoms with Crippen molar-refractivity contribution in [1.29, 1.82) is 0 Å². The maximum Gasteiger partial charge on any atom is 0.337 e. The van der Waals surface area contributed by atoms with Gasteiger partial charge >= 0.3 is 5.97 Å². The van der Waals surface area contributed by atoms with Crippen molar-refractivity contribution in [2.45, 2.75) is 38.7 Å². The molecule has 0 bridgehead atoms. The molecule has 1 saturated carbocycles. The highest BCUT2D eigenvalue weighted by molar-refractivity contribution is 5.90. The molecule has 0 aliphatic heterocycles. The SMILES string of the molecule is COC(=O)c1ccc(OC2CCCC(C)C2)c(N)c1. The number of benzene rings is 1. The zero-order chi connectivity index (χ0) is 13.8. The van der Waals surface area contributed by atoms with Crippen LogP contribution in [-0.4, -0.2) is 19.2 Å². The molecule has 2 atom stereocenters. The topological polar surface area (TPSA) is 61.5 Å². The summed E-state index contributed by atoms with van der Waals surface area (Å²) in [4.78, 5) is 11.4. The van der Waals surface area contributed by atoms with E-state index in [9.17, 15) is 4.79 Å². The lowest BCUT2D eigenvalue weighted by molar-refractivity contribution is 0.0600. The van der Waals surface area contributed by atoms with Gasteiger partial charge in [-0.2, -0.15) is 0 Å². The lowest BCUT2D eigenvalue weighted by Crippen LogP contribution is -2.24. The number of hydrogen-bond donors (Lipinski definition) is 1. The van der Waals surface area contributed by atoms with Gasteiger partial charge in [0.1, 0.15) is 5.75 Å². The molecular weight excluding hydrogens is 242 g/mol. The van der Waals surface area contributed by atoms with Gasteiger partial charge in [0, 0.05) is 0 Å². The molecule has 104 valence electrons. The first-order valence-electron chi connectivity index (χ1n) is 6.74. The minimum Gasteiger partial charge on any atom is -0.488 e. The predicted octanol–water partition coefficient (Wildman–Crippen LogP) is 3.01. The summed E-state index contributed by atoms with van der Waals surface area (Å²) < 4.78 is 10.6. The molecular formula is C15H21NO3. The van der Waals surface area contributed by atoms with Crippen LogP contribution in [0.4, 0.5) is 5.69 Å². The second-order valence-corrected chi connectivity index (χ2v) is 5.26. The van der Waals surface area contributed by atoms with Crippen molar-refractivity contribution in [3.8, 4) is 5.75 Å². The monoisotopic (exact) mass is 263 g/mol. The van der Waals surface area contributed by atoms with E-state index in [1.165, 1.54) is 20.0 Å². The molecule has 1 aliphatic carbocycles. The number of carbonyl (C=O) groups excluding carboxylic acids is 1. The zero-order valence-corrected chi connectivity index (χ0v) is 11.5. The minimum absolute atomic E-state index is 0.232. The Balaban J connectivity index is 2.06. The van der Waals surface area contributed by atoms with E-state index in [1.54, 1.807) is 18.2 Å². The minimum atomic E-state index is -0.385. The normalized spacial score (nSPS) is 22.8. The highest BCUT2D eigenvalue weighted by atomic mass is 16.5. The molecule has 2 unspecified atom stereocenters. The number of ether oxygens (including phenoxy) is 2. The molecule has 0 saturated heterocycles. The summed E-state index contributed by atoms with van der Waals surface area (Å²) in [6, 6.07) is 5.04. The van der Waals surface area contributed by atoms with Crippen molar-refractivity contribution in [2.75, 3.05) is 12.8 Å². The summed E-state index contributed by atoms with van der Waals surface area (Å²) in [5, 5.41) is 0. The molecule has 1 fully saturated rings. The van der Waals surface area contributed by atoms with Crippen LogP contribution in [0.5, 0.6) is 5.75 Å². The van der Waals surface area contributed by atoms with Gasteiger partial charge < -0.3 is 15.2 Å². The Morgan fingerprint density at radius 2 is 2.16 bits per heavy atom. The van der Waals surface area contributed by atoms with Gasteiger partial charge in [-0.15, -0.1) is 0 Å². The summed E-state index contributed by atoms with van der Waals surface area (Å²) in [5.74, 6) is 0.977. The molecule has 0 aromatic heterocycles. The van der Waals surface area contributed by atoms with E-state index < -0.39 is 0 Å². The van der Waals surface area contributed by atoms with Crippen LogP contribution in [-0.2, 0) is 4.74 Å². The number of esters is 1. The van der Waals surface area contributed by atoms with Gasteiger partial charge in [0.2, 0.25) is 0 Å². The Kier molecular flexibility index (Phi) is 4.30. The zero-order valence-electron chi connectivity index (χ0n) is 11.5.